The van der Waals surface area contributed by atoms with Gasteiger partial charge in [-0.3, -0.25) is 0 Å². The summed E-state index contributed by atoms with van der Waals surface area (Å²) in [5, 5.41) is 0. The Morgan fingerprint density at radius 1 is 1.12 bits per heavy atom. The van der Waals surface area contributed by atoms with Crippen LogP contribution in [-0.4, -0.2) is 19.0 Å². The number of ether oxygens (including phenoxy) is 2. The molecule has 0 heterocycles. The molecule has 0 amide bonds. The highest BCUT2D eigenvalue weighted by atomic mass is 16.5. The topological polar surface area (TPSA) is 52.6 Å². The monoisotopic (exact) mass is 226 g/mol. The van der Waals surface area contributed by atoms with E-state index in [0.717, 1.165) is 0 Å². The Bertz CT molecular complexity index is 326. The van der Waals surface area contributed by atoms with Crippen LogP contribution >= 0.6 is 0 Å². The van der Waals surface area contributed by atoms with Gasteiger partial charge in [-0.2, -0.15) is 0 Å². The molecule has 0 N–H and O–H groups in total. The maximum atomic E-state index is 11.5. The van der Waals surface area contributed by atoms with Crippen molar-refractivity contribution in [2.75, 3.05) is 7.11 Å². The van der Waals surface area contributed by atoms with Crippen LogP contribution in [0.15, 0.2) is 23.5 Å². The summed E-state index contributed by atoms with van der Waals surface area (Å²) in [5.74, 6) is -0.666. The van der Waals surface area contributed by atoms with Crippen LogP contribution in [0.2, 0.25) is 0 Å². The van der Waals surface area contributed by atoms with Gasteiger partial charge in [0.1, 0.15) is 5.76 Å². The van der Waals surface area contributed by atoms with Crippen molar-refractivity contribution in [3.63, 3.8) is 0 Å². The maximum Gasteiger partial charge on any atom is 0.338 e. The fraction of sp³-hybridized carbons (Fsp3) is 0.500. The van der Waals surface area contributed by atoms with Crippen LogP contribution in [-0.2, 0) is 19.1 Å². The van der Waals surface area contributed by atoms with Gasteiger partial charge in [-0.05, 0) is 13.3 Å². The van der Waals surface area contributed by atoms with Crippen LogP contribution in [0.1, 0.15) is 33.6 Å². The van der Waals surface area contributed by atoms with E-state index in [0.29, 0.717) is 29.7 Å². The summed E-state index contributed by atoms with van der Waals surface area (Å²) < 4.78 is 9.63. The Morgan fingerprint density at radius 3 is 2.06 bits per heavy atom. The molecule has 4 nitrogen and oxygen atoms in total. The van der Waals surface area contributed by atoms with Crippen LogP contribution in [0, 0.1) is 0 Å². The molecule has 90 valence electrons. The third-order valence-electron chi connectivity index (χ3n) is 2.16. The molecule has 0 aliphatic carbocycles. The first-order valence-electron chi connectivity index (χ1n) is 5.15. The fourth-order valence-electron chi connectivity index (χ4n) is 1.01. The van der Waals surface area contributed by atoms with E-state index in [4.69, 9.17) is 4.74 Å². The molecule has 0 saturated heterocycles. The lowest BCUT2D eigenvalue weighted by molar-refractivity contribution is -0.137. The van der Waals surface area contributed by atoms with Crippen molar-refractivity contribution in [2.24, 2.45) is 0 Å². The van der Waals surface area contributed by atoms with Crippen molar-refractivity contribution < 1.29 is 19.1 Å². The first kappa shape index (κ1) is 14.4. The molecule has 0 rings (SSSR count). The first-order valence-corrected chi connectivity index (χ1v) is 5.15. The maximum absolute atomic E-state index is 11.5. The van der Waals surface area contributed by atoms with Gasteiger partial charge < -0.3 is 9.47 Å². The Labute approximate surface area is 95.9 Å². The van der Waals surface area contributed by atoms with Crippen LogP contribution in [0.3, 0.4) is 0 Å². The zero-order valence-corrected chi connectivity index (χ0v) is 10.3. The Kier molecular flexibility index (Phi) is 6.15. The zero-order valence-electron chi connectivity index (χ0n) is 10.3. The molecule has 0 fully saturated rings. The van der Waals surface area contributed by atoms with E-state index in [9.17, 15) is 9.59 Å². The molecule has 0 saturated carbocycles. The van der Waals surface area contributed by atoms with Crippen molar-refractivity contribution in [3.05, 3.63) is 23.5 Å². The highest BCUT2D eigenvalue weighted by Gasteiger charge is 2.15. The van der Waals surface area contributed by atoms with E-state index >= 15 is 0 Å². The van der Waals surface area contributed by atoms with Crippen molar-refractivity contribution in [1.82, 2.24) is 0 Å². The van der Waals surface area contributed by atoms with Crippen LogP contribution in [0.5, 0.6) is 0 Å². The van der Waals surface area contributed by atoms with Crippen molar-refractivity contribution >= 4 is 11.9 Å². The van der Waals surface area contributed by atoms with Gasteiger partial charge in [-0.25, -0.2) is 9.59 Å². The quantitative estimate of drug-likeness (QED) is 0.410. The first-order chi connectivity index (χ1) is 7.47. The molecule has 0 unspecified atom stereocenters. The highest BCUT2D eigenvalue weighted by molar-refractivity contribution is 5.91. The van der Waals surface area contributed by atoms with Crippen LogP contribution in [0.4, 0.5) is 0 Å². The summed E-state index contributed by atoms with van der Waals surface area (Å²) >= 11 is 0. The van der Waals surface area contributed by atoms with Crippen LogP contribution < -0.4 is 0 Å². The minimum atomic E-state index is -0.498. The summed E-state index contributed by atoms with van der Waals surface area (Å²) in [6.45, 7) is 8.74. The van der Waals surface area contributed by atoms with Gasteiger partial charge in [0.05, 0.1) is 12.7 Å². The zero-order chi connectivity index (χ0) is 12.7. The van der Waals surface area contributed by atoms with E-state index < -0.39 is 11.9 Å². The second-order valence-corrected chi connectivity index (χ2v) is 3.24. The Hall–Kier alpha value is -1.58. The summed E-state index contributed by atoms with van der Waals surface area (Å²) in [4.78, 5) is 22.7. The largest absolute Gasteiger partial charge is 0.466 e. The van der Waals surface area contributed by atoms with Crippen LogP contribution in [0.25, 0.3) is 0 Å². The third-order valence-corrected chi connectivity index (χ3v) is 2.16. The number of hydrogen-bond donors (Lipinski definition) is 0. The Morgan fingerprint density at radius 2 is 1.69 bits per heavy atom. The van der Waals surface area contributed by atoms with E-state index in [2.05, 4.69) is 11.3 Å². The van der Waals surface area contributed by atoms with Gasteiger partial charge in [0.15, 0.2) is 0 Å². The fourth-order valence-corrected chi connectivity index (χ4v) is 1.01. The predicted molar refractivity (Wildman–Crippen MR) is 60.5 cm³/mol. The van der Waals surface area contributed by atoms with Gasteiger partial charge in [0.2, 0.25) is 0 Å². The summed E-state index contributed by atoms with van der Waals surface area (Å²) in [7, 11) is 1.28. The van der Waals surface area contributed by atoms with Gasteiger partial charge >= 0.3 is 11.9 Å². The number of carbonyl (C=O) groups is 2. The van der Waals surface area contributed by atoms with Crippen molar-refractivity contribution in [1.29, 1.82) is 0 Å². The number of rotatable bonds is 5. The standard InChI is InChI=1S/C12H18O4/c1-6-8(3)11(13)16-10(7-2)9(4)12(14)15-5/h3,6-7H2,1-2,4-5H3. The Balaban J connectivity index is 4.82. The molecule has 0 atom stereocenters. The van der Waals surface area contributed by atoms with Crippen molar-refractivity contribution in [3.8, 4) is 0 Å². The van der Waals surface area contributed by atoms with E-state index in [1.54, 1.807) is 13.8 Å². The third kappa shape index (κ3) is 3.88. The molecule has 0 aliphatic rings. The number of methoxy groups -OCH3 is 1. The molecule has 0 aliphatic heterocycles. The molecule has 0 aromatic carbocycles. The lowest BCUT2D eigenvalue weighted by Gasteiger charge is -2.10. The van der Waals surface area contributed by atoms with Crippen molar-refractivity contribution in [2.45, 2.75) is 33.6 Å². The van der Waals surface area contributed by atoms with Gasteiger partial charge in [-0.15, -0.1) is 0 Å². The summed E-state index contributed by atoms with van der Waals surface area (Å²) in [6, 6.07) is 0. The number of esters is 2. The molecule has 0 aromatic heterocycles. The molecule has 0 spiro atoms. The van der Waals surface area contributed by atoms with E-state index in [-0.39, 0.29) is 0 Å². The second-order valence-electron chi connectivity index (χ2n) is 3.24. The lowest BCUT2D eigenvalue weighted by Crippen LogP contribution is -2.11. The highest BCUT2D eigenvalue weighted by Crippen LogP contribution is 2.14. The molecule has 0 aromatic rings. The summed E-state index contributed by atoms with van der Waals surface area (Å²) in [6.07, 6.45) is 0.969. The molecular formula is C12H18O4. The number of hydrogen-bond acceptors (Lipinski definition) is 4. The van der Waals surface area contributed by atoms with E-state index in [1.165, 1.54) is 7.11 Å². The SMILES string of the molecule is C=C(CC)C(=O)OC(CC)=C(C)C(=O)OC. The molecule has 16 heavy (non-hydrogen) atoms. The van der Waals surface area contributed by atoms with Gasteiger partial charge in [0.25, 0.3) is 0 Å². The average Bonchev–Trinajstić information content (AvgIpc) is 2.32. The molecule has 0 bridgehead atoms. The predicted octanol–water partition coefficient (Wildman–Crippen LogP) is 2.35. The number of allylic oxidation sites excluding steroid dienone is 1. The van der Waals surface area contributed by atoms with Gasteiger partial charge in [0, 0.05) is 12.0 Å². The molecule has 4 heteroatoms. The van der Waals surface area contributed by atoms with E-state index in [1.807, 2.05) is 6.92 Å². The minimum absolute atomic E-state index is 0.308. The minimum Gasteiger partial charge on any atom is -0.466 e. The molecule has 0 radical (unpaired) electrons. The average molecular weight is 226 g/mol. The van der Waals surface area contributed by atoms with Gasteiger partial charge in [-0.1, -0.05) is 20.4 Å². The second kappa shape index (κ2) is 6.82. The number of carbonyl (C=O) groups excluding carboxylic acids is 2. The summed E-state index contributed by atoms with van der Waals surface area (Å²) in [5.41, 5.74) is 0.686. The normalized spacial score (nSPS) is 11.5. The smallest absolute Gasteiger partial charge is 0.338 e. The lowest BCUT2D eigenvalue weighted by atomic mass is 10.2. The molecular weight excluding hydrogens is 208 g/mol.